The molecule has 0 radical (unpaired) electrons. The number of benzene rings is 1. The number of hydrogen-bond donors (Lipinski definition) is 2. The van der Waals surface area contributed by atoms with Crippen molar-refractivity contribution in [1.82, 2.24) is 15.0 Å². The molecule has 0 saturated carbocycles. The number of methoxy groups -OCH3 is 1. The number of ether oxygens (including phenoxy) is 1. The first-order chi connectivity index (χ1) is 9.08. The SMILES string of the molecule is COc1nc(Cl)nc(NC(C)c2ccc(N)cc2)n1. The molecular formula is C12H14ClN5O. The van der Waals surface area contributed by atoms with E-state index in [1.807, 2.05) is 31.2 Å². The van der Waals surface area contributed by atoms with Gasteiger partial charge in [0.05, 0.1) is 13.2 Å². The van der Waals surface area contributed by atoms with Crippen molar-refractivity contribution in [2.75, 3.05) is 18.2 Å². The summed E-state index contributed by atoms with van der Waals surface area (Å²) in [5.74, 6) is 0.362. The summed E-state index contributed by atoms with van der Waals surface area (Å²) in [6, 6.07) is 7.74. The summed E-state index contributed by atoms with van der Waals surface area (Å²) in [5, 5.41) is 3.21. The van der Waals surface area contributed by atoms with Crippen LogP contribution in [0.4, 0.5) is 11.6 Å². The third-order valence-corrected chi connectivity index (χ3v) is 2.72. The Kier molecular flexibility index (Phi) is 4.01. The summed E-state index contributed by atoms with van der Waals surface area (Å²) in [7, 11) is 1.47. The monoisotopic (exact) mass is 279 g/mol. The lowest BCUT2D eigenvalue weighted by atomic mass is 10.1. The molecule has 0 fully saturated rings. The Bertz CT molecular complexity index is 561. The minimum atomic E-state index is 0.00349. The number of aromatic nitrogens is 3. The zero-order chi connectivity index (χ0) is 13.8. The first kappa shape index (κ1) is 13.4. The minimum Gasteiger partial charge on any atom is -0.467 e. The summed E-state index contributed by atoms with van der Waals surface area (Å²) in [6.07, 6.45) is 0. The van der Waals surface area contributed by atoms with Gasteiger partial charge in [0.1, 0.15) is 0 Å². The Morgan fingerprint density at radius 2 is 1.89 bits per heavy atom. The smallest absolute Gasteiger partial charge is 0.322 e. The fourth-order valence-corrected chi connectivity index (χ4v) is 1.70. The van der Waals surface area contributed by atoms with E-state index in [0.717, 1.165) is 11.3 Å². The van der Waals surface area contributed by atoms with Gasteiger partial charge in [0.25, 0.3) is 0 Å². The van der Waals surface area contributed by atoms with Gasteiger partial charge in [0.15, 0.2) is 0 Å². The quantitative estimate of drug-likeness (QED) is 0.835. The lowest BCUT2D eigenvalue weighted by Gasteiger charge is -2.14. The lowest BCUT2D eigenvalue weighted by molar-refractivity contribution is 0.378. The van der Waals surface area contributed by atoms with Gasteiger partial charge in [-0.1, -0.05) is 12.1 Å². The van der Waals surface area contributed by atoms with Crippen LogP contribution < -0.4 is 15.8 Å². The highest BCUT2D eigenvalue weighted by atomic mass is 35.5. The largest absolute Gasteiger partial charge is 0.467 e. The van der Waals surface area contributed by atoms with Gasteiger partial charge in [-0.25, -0.2) is 0 Å². The molecule has 1 atom stereocenters. The fourth-order valence-electron chi connectivity index (χ4n) is 1.55. The molecule has 7 heteroatoms. The van der Waals surface area contributed by atoms with Crippen molar-refractivity contribution >= 4 is 23.2 Å². The Morgan fingerprint density at radius 3 is 2.53 bits per heavy atom. The third kappa shape index (κ3) is 3.45. The minimum absolute atomic E-state index is 0.00349. The maximum atomic E-state index is 5.78. The van der Waals surface area contributed by atoms with Gasteiger partial charge in [-0.2, -0.15) is 15.0 Å². The molecule has 2 aromatic rings. The zero-order valence-corrected chi connectivity index (χ0v) is 11.3. The molecule has 0 spiro atoms. The second-order valence-electron chi connectivity index (χ2n) is 3.95. The maximum Gasteiger partial charge on any atom is 0.322 e. The number of halogens is 1. The van der Waals surface area contributed by atoms with E-state index in [1.165, 1.54) is 7.11 Å². The van der Waals surface area contributed by atoms with Crippen LogP contribution in [0.25, 0.3) is 0 Å². The average molecular weight is 280 g/mol. The summed E-state index contributed by atoms with van der Waals surface area (Å²) in [5.41, 5.74) is 7.43. The van der Waals surface area contributed by atoms with Crippen LogP contribution >= 0.6 is 11.6 Å². The number of anilines is 2. The topological polar surface area (TPSA) is 86.0 Å². The second kappa shape index (κ2) is 5.71. The van der Waals surface area contributed by atoms with E-state index in [2.05, 4.69) is 20.3 Å². The van der Waals surface area contributed by atoms with Gasteiger partial charge < -0.3 is 15.8 Å². The van der Waals surface area contributed by atoms with Crippen molar-refractivity contribution in [2.45, 2.75) is 13.0 Å². The molecular weight excluding hydrogens is 266 g/mol. The van der Waals surface area contributed by atoms with Gasteiger partial charge >= 0.3 is 6.01 Å². The van der Waals surface area contributed by atoms with Crippen molar-refractivity contribution in [2.24, 2.45) is 0 Å². The molecule has 1 unspecified atom stereocenters. The van der Waals surface area contributed by atoms with Crippen LogP contribution in [0.5, 0.6) is 6.01 Å². The molecule has 0 aliphatic heterocycles. The average Bonchev–Trinajstić information content (AvgIpc) is 2.38. The molecule has 1 aromatic carbocycles. The molecule has 1 aromatic heterocycles. The predicted molar refractivity (Wildman–Crippen MR) is 74.3 cm³/mol. The summed E-state index contributed by atoms with van der Waals surface area (Å²) in [4.78, 5) is 11.9. The van der Waals surface area contributed by atoms with Crippen molar-refractivity contribution in [3.63, 3.8) is 0 Å². The van der Waals surface area contributed by atoms with E-state index in [1.54, 1.807) is 0 Å². The molecule has 0 aliphatic rings. The first-order valence-corrected chi connectivity index (χ1v) is 6.04. The number of rotatable bonds is 4. The summed E-state index contributed by atoms with van der Waals surface area (Å²) >= 11 is 5.78. The number of nitrogens with zero attached hydrogens (tertiary/aromatic N) is 3. The highest BCUT2D eigenvalue weighted by molar-refractivity contribution is 6.28. The fraction of sp³-hybridized carbons (Fsp3) is 0.250. The van der Waals surface area contributed by atoms with Gasteiger partial charge in [0.2, 0.25) is 11.2 Å². The van der Waals surface area contributed by atoms with Crippen LogP contribution in [0.15, 0.2) is 24.3 Å². The van der Waals surface area contributed by atoms with Crippen LogP contribution in [0.2, 0.25) is 5.28 Å². The van der Waals surface area contributed by atoms with Crippen molar-refractivity contribution < 1.29 is 4.74 Å². The molecule has 19 heavy (non-hydrogen) atoms. The van der Waals surface area contributed by atoms with Gasteiger partial charge in [0, 0.05) is 5.69 Å². The first-order valence-electron chi connectivity index (χ1n) is 5.66. The molecule has 6 nitrogen and oxygen atoms in total. The molecule has 3 N–H and O–H groups in total. The van der Waals surface area contributed by atoms with E-state index in [-0.39, 0.29) is 17.3 Å². The molecule has 0 aliphatic carbocycles. The van der Waals surface area contributed by atoms with Gasteiger partial charge in [-0.15, -0.1) is 0 Å². The van der Waals surface area contributed by atoms with Crippen LogP contribution in [-0.2, 0) is 0 Å². The molecule has 100 valence electrons. The van der Waals surface area contributed by atoms with Crippen molar-refractivity contribution in [3.8, 4) is 6.01 Å². The number of nitrogens with one attached hydrogen (secondary N) is 1. The Balaban J connectivity index is 2.16. The Hall–Kier alpha value is -2.08. The molecule has 0 bridgehead atoms. The predicted octanol–water partition coefficient (Wildman–Crippen LogP) is 2.29. The van der Waals surface area contributed by atoms with E-state index in [0.29, 0.717) is 5.95 Å². The zero-order valence-electron chi connectivity index (χ0n) is 10.6. The summed E-state index contributed by atoms with van der Waals surface area (Å²) in [6.45, 7) is 1.98. The number of nitrogens with two attached hydrogens (primary N) is 1. The number of hydrogen-bond acceptors (Lipinski definition) is 6. The standard InChI is InChI=1S/C12H14ClN5O/c1-7(8-3-5-9(14)6-4-8)15-11-16-10(13)17-12(18-11)19-2/h3-7H,14H2,1-2H3,(H,15,16,17,18). The van der Waals surface area contributed by atoms with E-state index in [9.17, 15) is 0 Å². The normalized spacial score (nSPS) is 11.9. The van der Waals surface area contributed by atoms with Crippen LogP contribution in [0.1, 0.15) is 18.5 Å². The van der Waals surface area contributed by atoms with E-state index < -0.39 is 0 Å². The lowest BCUT2D eigenvalue weighted by Crippen LogP contribution is -2.10. The van der Waals surface area contributed by atoms with E-state index >= 15 is 0 Å². The van der Waals surface area contributed by atoms with Crippen molar-refractivity contribution in [3.05, 3.63) is 35.1 Å². The van der Waals surface area contributed by atoms with E-state index in [4.69, 9.17) is 22.1 Å². The number of nitrogen functional groups attached to an aromatic ring is 1. The van der Waals surface area contributed by atoms with Crippen LogP contribution in [-0.4, -0.2) is 22.1 Å². The molecule has 1 heterocycles. The van der Waals surface area contributed by atoms with Crippen LogP contribution in [0, 0.1) is 0 Å². The maximum absolute atomic E-state index is 5.78. The molecule has 0 amide bonds. The van der Waals surface area contributed by atoms with Gasteiger partial charge in [-0.3, -0.25) is 0 Å². The Labute approximate surface area is 116 Å². The highest BCUT2D eigenvalue weighted by Gasteiger charge is 2.10. The van der Waals surface area contributed by atoms with Gasteiger partial charge in [-0.05, 0) is 36.2 Å². The highest BCUT2D eigenvalue weighted by Crippen LogP contribution is 2.19. The third-order valence-electron chi connectivity index (χ3n) is 2.55. The molecule has 2 rings (SSSR count). The van der Waals surface area contributed by atoms with Crippen molar-refractivity contribution in [1.29, 1.82) is 0 Å². The summed E-state index contributed by atoms with van der Waals surface area (Å²) < 4.78 is 4.94. The van der Waals surface area contributed by atoms with Crippen LogP contribution in [0.3, 0.4) is 0 Å². The second-order valence-corrected chi connectivity index (χ2v) is 4.29. The molecule has 0 saturated heterocycles. The Morgan fingerprint density at radius 1 is 1.21 bits per heavy atom.